The van der Waals surface area contributed by atoms with Crippen LogP contribution < -0.4 is 4.90 Å². The third kappa shape index (κ3) is 3.50. The summed E-state index contributed by atoms with van der Waals surface area (Å²) >= 11 is 0. The van der Waals surface area contributed by atoms with E-state index in [1.165, 1.54) is 0 Å². The van der Waals surface area contributed by atoms with Crippen molar-refractivity contribution >= 4 is 11.6 Å². The van der Waals surface area contributed by atoms with Crippen molar-refractivity contribution in [2.24, 2.45) is 10.2 Å². The molecule has 0 spiro atoms. The standard InChI is InChI=1S/C11H15N3O/c1-3-12-13-9-11(15)14(2)10-7-5-4-6-8-10/h4-8H,3,9H2,1-2H3. The average Bonchev–Trinajstić information content (AvgIpc) is 2.29. The molecule has 1 aromatic carbocycles. The van der Waals surface area contributed by atoms with Gasteiger partial charge in [0.2, 0.25) is 5.91 Å². The second-order valence-electron chi connectivity index (χ2n) is 3.05. The molecule has 0 radical (unpaired) electrons. The van der Waals surface area contributed by atoms with E-state index in [1.807, 2.05) is 37.3 Å². The molecule has 4 heteroatoms. The second-order valence-corrected chi connectivity index (χ2v) is 3.05. The molecule has 0 aromatic heterocycles. The van der Waals surface area contributed by atoms with Crippen LogP contribution in [0.1, 0.15) is 6.92 Å². The van der Waals surface area contributed by atoms with Gasteiger partial charge in [0.05, 0.1) is 6.54 Å². The first kappa shape index (κ1) is 11.4. The van der Waals surface area contributed by atoms with Gasteiger partial charge in [-0.25, -0.2) is 0 Å². The number of carbonyl (C=O) groups is 1. The number of likely N-dealkylation sites (N-methyl/N-ethyl adjacent to an activating group) is 1. The van der Waals surface area contributed by atoms with Crippen molar-refractivity contribution in [1.82, 2.24) is 0 Å². The van der Waals surface area contributed by atoms with Crippen LogP contribution in [-0.2, 0) is 4.79 Å². The van der Waals surface area contributed by atoms with Crippen LogP contribution >= 0.6 is 0 Å². The Morgan fingerprint density at radius 3 is 2.53 bits per heavy atom. The van der Waals surface area contributed by atoms with Gasteiger partial charge in [-0.05, 0) is 19.1 Å². The number of benzene rings is 1. The lowest BCUT2D eigenvalue weighted by molar-refractivity contribution is -0.117. The molecule has 1 amide bonds. The molecule has 0 atom stereocenters. The van der Waals surface area contributed by atoms with Gasteiger partial charge < -0.3 is 4.90 Å². The van der Waals surface area contributed by atoms with Gasteiger partial charge in [0.1, 0.15) is 6.54 Å². The van der Waals surface area contributed by atoms with Gasteiger partial charge >= 0.3 is 0 Å². The van der Waals surface area contributed by atoms with Crippen molar-refractivity contribution in [3.05, 3.63) is 30.3 Å². The molecule has 0 aliphatic heterocycles. The first-order chi connectivity index (χ1) is 7.25. The van der Waals surface area contributed by atoms with Crippen LogP contribution in [0.3, 0.4) is 0 Å². The van der Waals surface area contributed by atoms with Crippen molar-refractivity contribution in [2.75, 3.05) is 25.0 Å². The normalized spacial score (nSPS) is 10.5. The first-order valence-corrected chi connectivity index (χ1v) is 4.90. The summed E-state index contributed by atoms with van der Waals surface area (Å²) in [6.07, 6.45) is 0. The maximum atomic E-state index is 11.6. The van der Waals surface area contributed by atoms with E-state index >= 15 is 0 Å². The van der Waals surface area contributed by atoms with E-state index in [9.17, 15) is 4.79 Å². The summed E-state index contributed by atoms with van der Waals surface area (Å²) in [7, 11) is 1.74. The van der Waals surface area contributed by atoms with Gasteiger partial charge in [-0.3, -0.25) is 4.79 Å². The average molecular weight is 205 g/mol. The minimum atomic E-state index is -0.0570. The van der Waals surface area contributed by atoms with Crippen LogP contribution in [0, 0.1) is 0 Å². The topological polar surface area (TPSA) is 45.0 Å². The zero-order valence-corrected chi connectivity index (χ0v) is 9.05. The van der Waals surface area contributed by atoms with Crippen LogP contribution in [-0.4, -0.2) is 26.0 Å². The van der Waals surface area contributed by atoms with E-state index in [0.717, 1.165) is 5.69 Å². The molecule has 0 saturated heterocycles. The molecule has 0 saturated carbocycles. The number of hydrogen-bond donors (Lipinski definition) is 0. The summed E-state index contributed by atoms with van der Waals surface area (Å²) in [5.41, 5.74) is 0.870. The predicted octanol–water partition coefficient (Wildman–Crippen LogP) is 2.12. The quantitative estimate of drug-likeness (QED) is 0.694. The Kier molecular flexibility index (Phi) is 4.47. The number of anilines is 1. The molecule has 4 nitrogen and oxygen atoms in total. The fraction of sp³-hybridized carbons (Fsp3) is 0.364. The number of carbonyl (C=O) groups excluding carboxylic acids is 1. The number of amides is 1. The Bertz CT molecular complexity index is 335. The van der Waals surface area contributed by atoms with Gasteiger partial charge in [0.15, 0.2) is 0 Å². The Morgan fingerprint density at radius 1 is 1.27 bits per heavy atom. The van der Waals surface area contributed by atoms with Crippen LogP contribution in [0.15, 0.2) is 40.6 Å². The summed E-state index contributed by atoms with van der Waals surface area (Å²) in [6.45, 7) is 2.61. The number of azo groups is 1. The molecule has 0 bridgehead atoms. The maximum absolute atomic E-state index is 11.6. The van der Waals surface area contributed by atoms with Gasteiger partial charge in [0, 0.05) is 12.7 Å². The molecule has 0 aliphatic carbocycles. The Morgan fingerprint density at radius 2 is 1.93 bits per heavy atom. The van der Waals surface area contributed by atoms with Crippen molar-refractivity contribution in [1.29, 1.82) is 0 Å². The minimum absolute atomic E-state index is 0.0570. The van der Waals surface area contributed by atoms with E-state index in [2.05, 4.69) is 10.2 Å². The lowest BCUT2D eigenvalue weighted by atomic mass is 10.3. The predicted molar refractivity (Wildman–Crippen MR) is 60.1 cm³/mol. The fourth-order valence-electron chi connectivity index (χ4n) is 1.11. The summed E-state index contributed by atoms with van der Waals surface area (Å²) < 4.78 is 0. The summed E-state index contributed by atoms with van der Waals surface area (Å²) in [4.78, 5) is 13.2. The number of rotatable bonds is 4. The van der Waals surface area contributed by atoms with E-state index in [4.69, 9.17) is 0 Å². The summed E-state index contributed by atoms with van der Waals surface area (Å²) in [5.74, 6) is -0.0570. The zero-order valence-electron chi connectivity index (χ0n) is 9.05. The summed E-state index contributed by atoms with van der Waals surface area (Å²) in [6, 6.07) is 9.47. The highest BCUT2D eigenvalue weighted by Crippen LogP contribution is 2.10. The molecule has 80 valence electrons. The van der Waals surface area contributed by atoms with Gasteiger partial charge in [-0.15, -0.1) is 0 Å². The van der Waals surface area contributed by atoms with Crippen LogP contribution in [0.2, 0.25) is 0 Å². The van der Waals surface area contributed by atoms with Gasteiger partial charge in [0.25, 0.3) is 0 Å². The second kappa shape index (κ2) is 5.90. The van der Waals surface area contributed by atoms with E-state index in [1.54, 1.807) is 11.9 Å². The molecule has 0 unspecified atom stereocenters. The van der Waals surface area contributed by atoms with Gasteiger partial charge in [-0.2, -0.15) is 10.2 Å². The highest BCUT2D eigenvalue weighted by Gasteiger charge is 2.08. The van der Waals surface area contributed by atoms with Crippen LogP contribution in [0.25, 0.3) is 0 Å². The zero-order chi connectivity index (χ0) is 11.1. The molecule has 0 heterocycles. The fourth-order valence-corrected chi connectivity index (χ4v) is 1.11. The SMILES string of the molecule is CCN=NCC(=O)N(C)c1ccccc1. The molecule has 0 fully saturated rings. The van der Waals surface area contributed by atoms with E-state index in [-0.39, 0.29) is 12.5 Å². The molecule has 0 aliphatic rings. The van der Waals surface area contributed by atoms with E-state index < -0.39 is 0 Å². The number of para-hydroxylation sites is 1. The Hall–Kier alpha value is -1.71. The monoisotopic (exact) mass is 205 g/mol. The largest absolute Gasteiger partial charge is 0.314 e. The third-order valence-corrected chi connectivity index (χ3v) is 1.96. The molecule has 1 rings (SSSR count). The highest BCUT2D eigenvalue weighted by atomic mass is 16.2. The lowest BCUT2D eigenvalue weighted by Gasteiger charge is -2.15. The van der Waals surface area contributed by atoms with Crippen LogP contribution in [0.4, 0.5) is 5.69 Å². The number of nitrogens with zero attached hydrogens (tertiary/aromatic N) is 3. The third-order valence-electron chi connectivity index (χ3n) is 1.96. The Labute approximate surface area is 89.6 Å². The maximum Gasteiger partial charge on any atom is 0.250 e. The van der Waals surface area contributed by atoms with Crippen molar-refractivity contribution in [2.45, 2.75) is 6.92 Å². The lowest BCUT2D eigenvalue weighted by Crippen LogP contribution is -2.28. The summed E-state index contributed by atoms with van der Waals surface area (Å²) in [5, 5.41) is 7.54. The molecular weight excluding hydrogens is 190 g/mol. The van der Waals surface area contributed by atoms with Gasteiger partial charge in [-0.1, -0.05) is 18.2 Å². The highest BCUT2D eigenvalue weighted by molar-refractivity contribution is 5.94. The van der Waals surface area contributed by atoms with Crippen LogP contribution in [0.5, 0.6) is 0 Å². The molecule has 15 heavy (non-hydrogen) atoms. The van der Waals surface area contributed by atoms with Crippen molar-refractivity contribution in [3.8, 4) is 0 Å². The van der Waals surface area contributed by atoms with E-state index in [0.29, 0.717) is 6.54 Å². The Balaban J connectivity index is 2.57. The minimum Gasteiger partial charge on any atom is -0.314 e. The first-order valence-electron chi connectivity index (χ1n) is 4.90. The molecule has 0 N–H and O–H groups in total. The molecule has 1 aromatic rings. The van der Waals surface area contributed by atoms with Crippen molar-refractivity contribution < 1.29 is 4.79 Å². The molecular formula is C11H15N3O. The number of hydrogen-bond acceptors (Lipinski definition) is 3. The smallest absolute Gasteiger partial charge is 0.250 e. The van der Waals surface area contributed by atoms with Crippen molar-refractivity contribution in [3.63, 3.8) is 0 Å².